The molecule has 2 heteroatoms. The van der Waals surface area contributed by atoms with Crippen LogP contribution in [0, 0.1) is 0 Å². The Morgan fingerprint density at radius 3 is 2.78 bits per heavy atom. The van der Waals surface area contributed by atoms with Gasteiger partial charge in [-0.05, 0) is 19.4 Å². The first-order chi connectivity index (χ1) is 4.20. The maximum atomic E-state index is 5.60. The Hall–Kier alpha value is -0.760. The van der Waals surface area contributed by atoms with Crippen molar-refractivity contribution in [1.82, 2.24) is 0 Å². The average molecular weight is 124 g/mol. The van der Waals surface area contributed by atoms with E-state index in [1.165, 1.54) is 5.57 Å². The van der Waals surface area contributed by atoms with Gasteiger partial charge in [-0.3, -0.25) is 0 Å². The number of nitrogens with two attached hydrogens (primary N) is 2. The quantitative estimate of drug-likeness (QED) is 0.494. The third-order valence-corrected chi connectivity index (χ3v) is 1.52. The maximum absolute atomic E-state index is 5.60. The summed E-state index contributed by atoms with van der Waals surface area (Å²) in [6.45, 7) is 2.03. The summed E-state index contributed by atoms with van der Waals surface area (Å²) in [6, 6.07) is 0.0497. The summed E-state index contributed by atoms with van der Waals surface area (Å²) in [6.07, 6.45) is 4.91. The maximum Gasteiger partial charge on any atom is 0.0477 e. The van der Waals surface area contributed by atoms with Crippen LogP contribution in [0.5, 0.6) is 0 Å². The molecule has 0 aromatic carbocycles. The molecular formula is C7H12N2. The Morgan fingerprint density at radius 2 is 2.33 bits per heavy atom. The van der Waals surface area contributed by atoms with Gasteiger partial charge in [0.25, 0.3) is 0 Å². The van der Waals surface area contributed by atoms with Crippen molar-refractivity contribution in [2.75, 3.05) is 0 Å². The molecule has 0 aliphatic heterocycles. The fourth-order valence-corrected chi connectivity index (χ4v) is 0.878. The molecule has 0 aromatic heterocycles. The van der Waals surface area contributed by atoms with Crippen LogP contribution in [-0.2, 0) is 0 Å². The molecule has 0 spiro atoms. The van der Waals surface area contributed by atoms with Crippen molar-refractivity contribution >= 4 is 0 Å². The molecule has 1 atom stereocenters. The van der Waals surface area contributed by atoms with Crippen molar-refractivity contribution in [2.45, 2.75) is 19.4 Å². The number of hydrogen-bond donors (Lipinski definition) is 2. The van der Waals surface area contributed by atoms with Gasteiger partial charge < -0.3 is 11.5 Å². The lowest BCUT2D eigenvalue weighted by molar-refractivity contribution is 0.757. The first-order valence-corrected chi connectivity index (χ1v) is 3.09. The minimum atomic E-state index is 0.0497. The van der Waals surface area contributed by atoms with Crippen molar-refractivity contribution in [3.63, 3.8) is 0 Å². The highest BCUT2D eigenvalue weighted by Gasteiger charge is 2.07. The normalized spacial score (nSPS) is 27.1. The minimum absolute atomic E-state index is 0.0497. The molecule has 0 bridgehead atoms. The summed E-state index contributed by atoms with van der Waals surface area (Å²) in [5.41, 5.74) is 13.2. The molecular weight excluding hydrogens is 112 g/mol. The first kappa shape index (κ1) is 6.36. The van der Waals surface area contributed by atoms with E-state index in [4.69, 9.17) is 11.5 Å². The van der Waals surface area contributed by atoms with E-state index in [0.717, 1.165) is 12.1 Å². The highest BCUT2D eigenvalue weighted by atomic mass is 14.7. The molecule has 0 aromatic rings. The third-order valence-electron chi connectivity index (χ3n) is 1.52. The largest absolute Gasteiger partial charge is 0.401 e. The molecule has 0 radical (unpaired) electrons. The van der Waals surface area contributed by atoms with Gasteiger partial charge in [0.1, 0.15) is 0 Å². The second-order valence-corrected chi connectivity index (χ2v) is 2.43. The van der Waals surface area contributed by atoms with E-state index in [0.29, 0.717) is 0 Å². The number of rotatable bonds is 0. The molecule has 9 heavy (non-hydrogen) atoms. The van der Waals surface area contributed by atoms with Crippen LogP contribution >= 0.6 is 0 Å². The molecule has 0 saturated carbocycles. The van der Waals surface area contributed by atoms with Crippen molar-refractivity contribution in [2.24, 2.45) is 11.5 Å². The highest BCUT2D eigenvalue weighted by Crippen LogP contribution is 2.11. The van der Waals surface area contributed by atoms with E-state index in [1.54, 1.807) is 0 Å². The van der Waals surface area contributed by atoms with Crippen LogP contribution in [0.1, 0.15) is 13.3 Å². The molecule has 1 unspecified atom stereocenters. The van der Waals surface area contributed by atoms with Crippen molar-refractivity contribution in [1.29, 1.82) is 0 Å². The van der Waals surface area contributed by atoms with E-state index in [1.807, 2.05) is 13.0 Å². The van der Waals surface area contributed by atoms with Crippen LogP contribution in [-0.4, -0.2) is 6.04 Å². The van der Waals surface area contributed by atoms with Gasteiger partial charge in [-0.2, -0.15) is 0 Å². The molecule has 1 aliphatic carbocycles. The Kier molecular flexibility index (Phi) is 1.58. The molecule has 0 fully saturated rings. The molecule has 50 valence electrons. The lowest BCUT2D eigenvalue weighted by Crippen LogP contribution is -2.28. The number of hydrogen-bond acceptors (Lipinski definition) is 2. The summed E-state index contributed by atoms with van der Waals surface area (Å²) < 4.78 is 0. The molecule has 0 heterocycles. The van der Waals surface area contributed by atoms with E-state index >= 15 is 0 Å². The van der Waals surface area contributed by atoms with Crippen molar-refractivity contribution in [3.8, 4) is 0 Å². The lowest BCUT2D eigenvalue weighted by Gasteiger charge is -2.14. The van der Waals surface area contributed by atoms with Gasteiger partial charge in [0.2, 0.25) is 0 Å². The van der Waals surface area contributed by atoms with E-state index in [9.17, 15) is 0 Å². The van der Waals surface area contributed by atoms with Crippen LogP contribution < -0.4 is 11.5 Å². The molecule has 1 rings (SSSR count). The Labute approximate surface area is 55.2 Å². The second-order valence-electron chi connectivity index (χ2n) is 2.43. The van der Waals surface area contributed by atoms with Gasteiger partial charge in [-0.25, -0.2) is 0 Å². The monoisotopic (exact) mass is 124 g/mol. The van der Waals surface area contributed by atoms with Crippen LogP contribution in [0.2, 0.25) is 0 Å². The summed E-state index contributed by atoms with van der Waals surface area (Å²) >= 11 is 0. The second kappa shape index (κ2) is 2.23. The van der Waals surface area contributed by atoms with E-state index in [-0.39, 0.29) is 6.04 Å². The zero-order chi connectivity index (χ0) is 6.85. The predicted octanol–water partition coefficient (Wildman–Crippen LogP) is 0.506. The third kappa shape index (κ3) is 1.33. The summed E-state index contributed by atoms with van der Waals surface area (Å²) in [5, 5.41) is 0. The molecule has 1 aliphatic rings. The van der Waals surface area contributed by atoms with E-state index < -0.39 is 0 Å². The molecule has 0 amide bonds. The Balaban J connectivity index is 2.74. The highest BCUT2D eigenvalue weighted by molar-refractivity contribution is 5.27. The van der Waals surface area contributed by atoms with Crippen LogP contribution in [0.25, 0.3) is 0 Å². The Morgan fingerprint density at radius 1 is 1.67 bits per heavy atom. The lowest BCUT2D eigenvalue weighted by atomic mass is 10.0. The average Bonchev–Trinajstić information content (AvgIpc) is 1.80. The summed E-state index contributed by atoms with van der Waals surface area (Å²) in [5.74, 6) is 0. The zero-order valence-electron chi connectivity index (χ0n) is 5.59. The first-order valence-electron chi connectivity index (χ1n) is 3.09. The van der Waals surface area contributed by atoms with Crippen LogP contribution in [0.15, 0.2) is 23.4 Å². The number of allylic oxidation sites excluding steroid dienone is 2. The topological polar surface area (TPSA) is 52.0 Å². The SMILES string of the molecule is CC1=CCC(N)C(N)=C1. The van der Waals surface area contributed by atoms with Crippen molar-refractivity contribution < 1.29 is 0 Å². The van der Waals surface area contributed by atoms with Crippen LogP contribution in [0.3, 0.4) is 0 Å². The standard InChI is InChI=1S/C7H12N2/c1-5-2-3-6(8)7(9)4-5/h2,4,6H,3,8-9H2,1H3. The Bertz CT molecular complexity index is 168. The molecule has 2 nitrogen and oxygen atoms in total. The van der Waals surface area contributed by atoms with Gasteiger partial charge in [0.05, 0.1) is 0 Å². The van der Waals surface area contributed by atoms with Gasteiger partial charge in [0.15, 0.2) is 0 Å². The van der Waals surface area contributed by atoms with Gasteiger partial charge in [0, 0.05) is 11.7 Å². The summed E-state index contributed by atoms with van der Waals surface area (Å²) in [4.78, 5) is 0. The van der Waals surface area contributed by atoms with Gasteiger partial charge in [-0.15, -0.1) is 0 Å². The van der Waals surface area contributed by atoms with Crippen molar-refractivity contribution in [3.05, 3.63) is 23.4 Å². The van der Waals surface area contributed by atoms with E-state index in [2.05, 4.69) is 6.08 Å². The molecule has 0 saturated heterocycles. The van der Waals surface area contributed by atoms with Gasteiger partial charge >= 0.3 is 0 Å². The van der Waals surface area contributed by atoms with Crippen LogP contribution in [0.4, 0.5) is 0 Å². The fraction of sp³-hybridized carbons (Fsp3) is 0.429. The fourth-order valence-electron chi connectivity index (χ4n) is 0.878. The van der Waals surface area contributed by atoms with Gasteiger partial charge in [-0.1, -0.05) is 11.6 Å². The minimum Gasteiger partial charge on any atom is -0.401 e. The molecule has 4 N–H and O–H groups in total. The zero-order valence-corrected chi connectivity index (χ0v) is 5.59. The smallest absolute Gasteiger partial charge is 0.0477 e. The summed E-state index contributed by atoms with van der Waals surface area (Å²) in [7, 11) is 0. The predicted molar refractivity (Wildman–Crippen MR) is 38.6 cm³/mol.